The number of piperidine rings is 1. The molecule has 2 aliphatic rings. The second kappa shape index (κ2) is 6.43. The maximum Gasteiger partial charge on any atom is 0.279 e. The summed E-state index contributed by atoms with van der Waals surface area (Å²) >= 11 is 1.20. The van der Waals surface area contributed by atoms with Crippen LogP contribution < -0.4 is 10.6 Å². The molecule has 0 radical (unpaired) electrons. The highest BCUT2D eigenvalue weighted by Gasteiger charge is 2.34. The average Bonchev–Trinajstić information content (AvgIpc) is 2.83. The van der Waals surface area contributed by atoms with Crippen LogP contribution in [0.15, 0.2) is 0 Å². The van der Waals surface area contributed by atoms with Crippen LogP contribution in [-0.4, -0.2) is 53.5 Å². The van der Waals surface area contributed by atoms with E-state index in [0.29, 0.717) is 5.75 Å². The van der Waals surface area contributed by atoms with Gasteiger partial charge in [-0.3, -0.25) is 9.59 Å². The van der Waals surface area contributed by atoms with Gasteiger partial charge in [-0.2, -0.15) is 0 Å². The third kappa shape index (κ3) is 3.17. The molecule has 18 heavy (non-hydrogen) atoms. The van der Waals surface area contributed by atoms with Crippen LogP contribution >= 0.6 is 11.8 Å². The van der Waals surface area contributed by atoms with E-state index in [1.165, 1.54) is 11.8 Å². The van der Waals surface area contributed by atoms with Crippen molar-refractivity contribution in [2.75, 3.05) is 25.4 Å². The topological polar surface area (TPSA) is 61.4 Å². The normalized spacial score (nSPS) is 27.9. The number of nitrogens with zero attached hydrogens (tertiary/aromatic N) is 1. The molecule has 5 nitrogen and oxygen atoms in total. The molecule has 0 saturated carbocycles. The van der Waals surface area contributed by atoms with Gasteiger partial charge in [-0.05, 0) is 25.8 Å². The molecule has 0 bridgehead atoms. The molecule has 2 N–H and O–H groups in total. The van der Waals surface area contributed by atoms with Gasteiger partial charge in [0.25, 0.3) is 5.24 Å². The van der Waals surface area contributed by atoms with Gasteiger partial charge in [0, 0.05) is 24.9 Å². The minimum atomic E-state index is -0.323. The van der Waals surface area contributed by atoms with E-state index in [0.717, 1.165) is 38.9 Å². The molecule has 2 unspecified atom stereocenters. The van der Waals surface area contributed by atoms with Gasteiger partial charge in [-0.1, -0.05) is 18.7 Å². The lowest BCUT2D eigenvalue weighted by atomic mass is 10.0. The van der Waals surface area contributed by atoms with Gasteiger partial charge in [0.2, 0.25) is 5.91 Å². The van der Waals surface area contributed by atoms with E-state index in [2.05, 4.69) is 17.6 Å². The number of hydrogen-bond acceptors (Lipinski definition) is 4. The number of nitrogens with one attached hydrogen (secondary N) is 2. The molecule has 2 heterocycles. The number of amides is 2. The van der Waals surface area contributed by atoms with Crippen LogP contribution in [-0.2, 0) is 4.79 Å². The zero-order valence-corrected chi connectivity index (χ0v) is 11.6. The van der Waals surface area contributed by atoms with Crippen LogP contribution in [0, 0.1) is 0 Å². The number of carbonyl (C=O) groups excluding carboxylic acids is 2. The number of hydrogen-bond donors (Lipinski definition) is 2. The predicted octanol–water partition coefficient (Wildman–Crippen LogP) is 0.802. The summed E-state index contributed by atoms with van der Waals surface area (Å²) in [5.41, 5.74) is 0. The van der Waals surface area contributed by atoms with Gasteiger partial charge in [-0.15, -0.1) is 0 Å². The lowest BCUT2D eigenvalue weighted by Gasteiger charge is -2.36. The zero-order chi connectivity index (χ0) is 13.0. The quantitative estimate of drug-likeness (QED) is 0.794. The summed E-state index contributed by atoms with van der Waals surface area (Å²) in [6.07, 6.45) is 3.13. The highest BCUT2D eigenvalue weighted by atomic mass is 32.2. The van der Waals surface area contributed by atoms with Crippen molar-refractivity contribution >= 4 is 22.9 Å². The van der Waals surface area contributed by atoms with Gasteiger partial charge in [0.05, 0.1) is 0 Å². The van der Waals surface area contributed by atoms with Crippen LogP contribution in [0.2, 0.25) is 0 Å². The highest BCUT2D eigenvalue weighted by Crippen LogP contribution is 2.18. The van der Waals surface area contributed by atoms with Gasteiger partial charge in [0.1, 0.15) is 6.04 Å². The first-order valence-electron chi connectivity index (χ1n) is 6.67. The minimum Gasteiger partial charge on any atom is -0.337 e. The smallest absolute Gasteiger partial charge is 0.279 e. The SMILES string of the molecule is CCCN(C(=O)C1CSC(=O)N1)C1CCCNC1. The summed E-state index contributed by atoms with van der Waals surface area (Å²) in [7, 11) is 0. The van der Waals surface area contributed by atoms with E-state index in [9.17, 15) is 9.59 Å². The number of rotatable bonds is 4. The Morgan fingerprint density at radius 3 is 2.94 bits per heavy atom. The monoisotopic (exact) mass is 271 g/mol. The van der Waals surface area contributed by atoms with Gasteiger partial charge in [-0.25, -0.2) is 0 Å². The summed E-state index contributed by atoms with van der Waals surface area (Å²) in [5, 5.41) is 6.01. The van der Waals surface area contributed by atoms with Crippen LogP contribution in [0.4, 0.5) is 4.79 Å². The fourth-order valence-electron chi connectivity index (χ4n) is 2.53. The maximum atomic E-state index is 12.5. The summed E-state index contributed by atoms with van der Waals surface area (Å²) in [4.78, 5) is 25.6. The molecule has 2 saturated heterocycles. The van der Waals surface area contributed by atoms with Crippen molar-refractivity contribution in [2.45, 2.75) is 38.3 Å². The van der Waals surface area contributed by atoms with Crippen LogP contribution in [0.1, 0.15) is 26.2 Å². The summed E-state index contributed by atoms with van der Waals surface area (Å²) in [5.74, 6) is 0.654. The molecular weight excluding hydrogens is 250 g/mol. The fourth-order valence-corrected chi connectivity index (χ4v) is 3.30. The molecule has 2 amide bonds. The van der Waals surface area contributed by atoms with E-state index in [1.807, 2.05) is 4.90 Å². The number of thioether (sulfide) groups is 1. The second-order valence-corrected chi connectivity index (χ2v) is 5.82. The van der Waals surface area contributed by atoms with Crippen molar-refractivity contribution in [1.82, 2.24) is 15.5 Å². The summed E-state index contributed by atoms with van der Waals surface area (Å²) < 4.78 is 0. The molecule has 6 heteroatoms. The van der Waals surface area contributed by atoms with Crippen molar-refractivity contribution in [3.05, 3.63) is 0 Å². The lowest BCUT2D eigenvalue weighted by molar-refractivity contribution is -0.135. The standard InChI is InChI=1S/C12H21N3O2S/c1-2-6-15(9-4-3-5-13-7-9)11(16)10-8-18-12(17)14-10/h9-10,13H,2-8H2,1H3,(H,14,17). The lowest BCUT2D eigenvalue weighted by Crippen LogP contribution is -2.54. The van der Waals surface area contributed by atoms with E-state index in [1.54, 1.807) is 0 Å². The first kappa shape index (κ1) is 13.7. The molecule has 2 fully saturated rings. The predicted molar refractivity (Wildman–Crippen MR) is 72.7 cm³/mol. The van der Waals surface area contributed by atoms with E-state index in [-0.39, 0.29) is 23.2 Å². The zero-order valence-electron chi connectivity index (χ0n) is 10.8. The highest BCUT2D eigenvalue weighted by molar-refractivity contribution is 8.14. The van der Waals surface area contributed by atoms with Crippen LogP contribution in [0.5, 0.6) is 0 Å². The Balaban J connectivity index is 1.99. The van der Waals surface area contributed by atoms with Crippen molar-refractivity contribution in [3.63, 3.8) is 0 Å². The first-order chi connectivity index (χ1) is 8.72. The molecule has 2 aliphatic heterocycles. The number of carbonyl (C=O) groups is 2. The molecule has 0 aromatic heterocycles. The molecule has 2 atom stereocenters. The third-order valence-electron chi connectivity index (χ3n) is 3.43. The second-order valence-electron chi connectivity index (χ2n) is 4.83. The van der Waals surface area contributed by atoms with Crippen LogP contribution in [0.25, 0.3) is 0 Å². The maximum absolute atomic E-state index is 12.5. The van der Waals surface area contributed by atoms with Gasteiger partial charge in [0.15, 0.2) is 0 Å². The van der Waals surface area contributed by atoms with E-state index < -0.39 is 0 Å². The third-order valence-corrected chi connectivity index (χ3v) is 4.31. The summed E-state index contributed by atoms with van der Waals surface area (Å²) in [6, 6.07) is -0.0373. The van der Waals surface area contributed by atoms with Gasteiger partial charge < -0.3 is 15.5 Å². The van der Waals surface area contributed by atoms with E-state index in [4.69, 9.17) is 0 Å². The Morgan fingerprint density at radius 1 is 1.56 bits per heavy atom. The molecule has 0 aromatic rings. The molecule has 102 valence electrons. The fraction of sp³-hybridized carbons (Fsp3) is 0.833. The average molecular weight is 271 g/mol. The Kier molecular flexibility index (Phi) is 4.88. The van der Waals surface area contributed by atoms with E-state index >= 15 is 0 Å². The first-order valence-corrected chi connectivity index (χ1v) is 7.65. The molecule has 2 rings (SSSR count). The molecule has 0 spiro atoms. The Hall–Kier alpha value is -0.750. The largest absolute Gasteiger partial charge is 0.337 e. The molecule has 0 aromatic carbocycles. The Morgan fingerprint density at radius 2 is 2.39 bits per heavy atom. The Labute approximate surface area is 112 Å². The van der Waals surface area contributed by atoms with Crippen molar-refractivity contribution in [2.24, 2.45) is 0 Å². The van der Waals surface area contributed by atoms with Crippen molar-refractivity contribution < 1.29 is 9.59 Å². The van der Waals surface area contributed by atoms with Crippen molar-refractivity contribution in [3.8, 4) is 0 Å². The minimum absolute atomic E-state index is 0.0773. The molecule has 0 aliphatic carbocycles. The van der Waals surface area contributed by atoms with Gasteiger partial charge >= 0.3 is 0 Å². The van der Waals surface area contributed by atoms with Crippen LogP contribution in [0.3, 0.4) is 0 Å². The van der Waals surface area contributed by atoms with Crippen molar-refractivity contribution in [1.29, 1.82) is 0 Å². The molecular formula is C12H21N3O2S. The summed E-state index contributed by atoms with van der Waals surface area (Å²) in [6.45, 7) is 4.78. The Bertz CT molecular complexity index is 318.